The van der Waals surface area contributed by atoms with Gasteiger partial charge in [0, 0.05) is 0 Å². The van der Waals surface area contributed by atoms with Gasteiger partial charge in [0.25, 0.3) is 0 Å². The lowest BCUT2D eigenvalue weighted by molar-refractivity contribution is -0.139. The van der Waals surface area contributed by atoms with E-state index in [4.69, 9.17) is 15.3 Å². The predicted molar refractivity (Wildman–Crippen MR) is 59.6 cm³/mol. The van der Waals surface area contributed by atoms with Crippen molar-refractivity contribution in [3.05, 3.63) is 0 Å². The highest BCUT2D eigenvalue weighted by atomic mass is 19.4. The molecule has 0 aliphatic carbocycles. The lowest BCUT2D eigenvalue weighted by Crippen LogP contribution is -2.17. The fourth-order valence-electron chi connectivity index (χ4n) is 0.989. The molecule has 0 fully saturated rings. The van der Waals surface area contributed by atoms with Gasteiger partial charge in [-0.25, -0.2) is 5.84 Å². The number of rotatable bonds is 6. The smallest absolute Gasteiger partial charge is 0.392 e. The van der Waals surface area contributed by atoms with Crippen LogP contribution in [0.3, 0.4) is 0 Å². The maximum Gasteiger partial charge on any atom is 0.392 e. The molecule has 19 heavy (non-hydrogen) atoms. The van der Waals surface area contributed by atoms with E-state index in [9.17, 15) is 13.2 Å². The predicted octanol–water partition coefficient (Wildman–Crippen LogP) is 1.28. The van der Waals surface area contributed by atoms with Crippen LogP contribution in [0.25, 0.3) is 0 Å². The van der Waals surface area contributed by atoms with E-state index < -0.39 is 19.2 Å². The van der Waals surface area contributed by atoms with E-state index >= 15 is 0 Å². The molecule has 0 spiro atoms. The molecule has 0 saturated heterocycles. The Labute approximate surface area is 107 Å². The lowest BCUT2D eigenvalue weighted by Gasteiger charge is -2.11. The van der Waals surface area contributed by atoms with E-state index in [1.165, 1.54) is 0 Å². The van der Waals surface area contributed by atoms with Gasteiger partial charge in [-0.1, -0.05) is 0 Å². The van der Waals surface area contributed by atoms with Gasteiger partial charge in [0.05, 0.1) is 12.5 Å². The van der Waals surface area contributed by atoms with E-state index in [0.717, 1.165) is 0 Å². The Morgan fingerprint density at radius 1 is 1.21 bits per heavy atom. The topological polar surface area (TPSA) is 95.2 Å². The summed E-state index contributed by atoms with van der Waals surface area (Å²) in [7, 11) is 0. The minimum absolute atomic E-state index is 0.0624. The number of ether oxygens (including phenoxy) is 2. The van der Waals surface area contributed by atoms with E-state index in [1.54, 1.807) is 13.8 Å². The van der Waals surface area contributed by atoms with Gasteiger partial charge in [0.1, 0.15) is 6.61 Å². The Morgan fingerprint density at radius 3 is 2.37 bits per heavy atom. The third-order valence-electron chi connectivity index (χ3n) is 1.68. The van der Waals surface area contributed by atoms with Crippen LogP contribution in [0.5, 0.6) is 12.0 Å². The van der Waals surface area contributed by atoms with Crippen LogP contribution in [0.15, 0.2) is 0 Å². The van der Waals surface area contributed by atoms with E-state index in [2.05, 4.69) is 20.4 Å². The van der Waals surface area contributed by atoms with Crippen LogP contribution < -0.4 is 20.7 Å². The number of hydrogen-bond acceptors (Lipinski definition) is 7. The van der Waals surface area contributed by atoms with Gasteiger partial charge in [-0.15, -0.1) is 4.98 Å². The van der Waals surface area contributed by atoms with Crippen molar-refractivity contribution >= 4 is 5.95 Å². The molecule has 0 amide bonds. The van der Waals surface area contributed by atoms with E-state index in [1.807, 2.05) is 0 Å². The van der Waals surface area contributed by atoms with Crippen LogP contribution >= 0.6 is 0 Å². The molecule has 1 rings (SSSR count). The summed E-state index contributed by atoms with van der Waals surface area (Å²) in [5, 5.41) is 0. The number of halogens is 3. The van der Waals surface area contributed by atoms with Crippen LogP contribution in [0.4, 0.5) is 19.1 Å². The van der Waals surface area contributed by atoms with Gasteiger partial charge < -0.3 is 9.47 Å². The lowest BCUT2D eigenvalue weighted by atomic mass is 10.4. The second-order valence-electron chi connectivity index (χ2n) is 3.75. The zero-order valence-corrected chi connectivity index (χ0v) is 10.4. The number of aromatic nitrogens is 3. The largest absolute Gasteiger partial charge is 0.463 e. The molecule has 10 heteroatoms. The van der Waals surface area contributed by atoms with E-state index in [0.29, 0.717) is 0 Å². The molecule has 0 atom stereocenters. The molecule has 0 aliphatic rings. The molecule has 1 heterocycles. The van der Waals surface area contributed by atoms with Crippen molar-refractivity contribution in [3.63, 3.8) is 0 Å². The average molecular weight is 281 g/mol. The van der Waals surface area contributed by atoms with Crippen LogP contribution in [-0.4, -0.2) is 33.8 Å². The molecular formula is C9H14F3N5O2. The van der Waals surface area contributed by atoms with Crippen LogP contribution in [0.1, 0.15) is 20.3 Å². The number of hydrazine groups is 1. The Bertz CT molecular complexity index is 413. The number of nitrogens with one attached hydrogen (secondary N) is 1. The number of alkyl halides is 3. The van der Waals surface area contributed by atoms with Crippen LogP contribution in [-0.2, 0) is 0 Å². The van der Waals surface area contributed by atoms with Crippen LogP contribution in [0, 0.1) is 0 Å². The summed E-state index contributed by atoms with van der Waals surface area (Å²) in [6.45, 7) is 2.88. The van der Waals surface area contributed by atoms with Gasteiger partial charge in [-0.2, -0.15) is 23.1 Å². The molecule has 0 radical (unpaired) electrons. The highest BCUT2D eigenvalue weighted by Crippen LogP contribution is 2.20. The first kappa shape index (κ1) is 15.2. The Hall–Kier alpha value is -1.84. The number of nitrogens with two attached hydrogens (primary N) is 1. The Balaban J connectivity index is 2.71. The first-order valence-corrected chi connectivity index (χ1v) is 5.39. The monoisotopic (exact) mass is 281 g/mol. The number of anilines is 1. The first-order chi connectivity index (χ1) is 8.80. The van der Waals surface area contributed by atoms with Crippen molar-refractivity contribution in [1.82, 2.24) is 15.0 Å². The summed E-state index contributed by atoms with van der Waals surface area (Å²) in [5.41, 5.74) is 2.14. The molecule has 1 aromatic rings. The maximum absolute atomic E-state index is 12.0. The molecule has 108 valence electrons. The zero-order chi connectivity index (χ0) is 14.5. The SMILES string of the molecule is CC(C)Oc1nc(NN)nc(OCCC(F)(F)F)n1. The van der Waals surface area contributed by atoms with Crippen molar-refractivity contribution in [2.75, 3.05) is 12.0 Å². The van der Waals surface area contributed by atoms with Gasteiger partial charge in [0.2, 0.25) is 5.95 Å². The van der Waals surface area contributed by atoms with Crippen LogP contribution in [0.2, 0.25) is 0 Å². The van der Waals surface area contributed by atoms with Crippen molar-refractivity contribution in [2.45, 2.75) is 32.5 Å². The van der Waals surface area contributed by atoms with Gasteiger partial charge in [-0.05, 0) is 13.8 Å². The van der Waals surface area contributed by atoms with Crippen molar-refractivity contribution < 1.29 is 22.6 Å². The summed E-state index contributed by atoms with van der Waals surface area (Å²) < 4.78 is 45.9. The third kappa shape index (κ3) is 6.04. The first-order valence-electron chi connectivity index (χ1n) is 5.39. The summed E-state index contributed by atoms with van der Waals surface area (Å²) in [4.78, 5) is 11.1. The second-order valence-corrected chi connectivity index (χ2v) is 3.75. The Morgan fingerprint density at radius 2 is 1.84 bits per heavy atom. The summed E-state index contributed by atoms with van der Waals surface area (Å²) in [6, 6.07) is -0.372. The summed E-state index contributed by atoms with van der Waals surface area (Å²) in [5.74, 6) is 5.06. The molecule has 0 saturated carbocycles. The van der Waals surface area contributed by atoms with E-state index in [-0.39, 0.29) is 24.1 Å². The minimum atomic E-state index is -4.31. The molecule has 7 nitrogen and oxygen atoms in total. The van der Waals surface area contributed by atoms with Crippen molar-refractivity contribution in [2.24, 2.45) is 5.84 Å². The average Bonchev–Trinajstić information content (AvgIpc) is 2.26. The molecular weight excluding hydrogens is 267 g/mol. The third-order valence-corrected chi connectivity index (χ3v) is 1.68. The van der Waals surface area contributed by atoms with Gasteiger partial charge in [0.15, 0.2) is 0 Å². The molecule has 3 N–H and O–H groups in total. The quantitative estimate of drug-likeness (QED) is 0.599. The molecule has 0 aromatic carbocycles. The van der Waals surface area contributed by atoms with Crippen molar-refractivity contribution in [3.8, 4) is 12.0 Å². The second kappa shape index (κ2) is 6.36. The van der Waals surface area contributed by atoms with Gasteiger partial charge in [-0.3, -0.25) is 5.43 Å². The summed E-state index contributed by atoms with van der Waals surface area (Å²) in [6.07, 6.45) is -5.63. The minimum Gasteiger partial charge on any atom is -0.463 e. The molecule has 0 bridgehead atoms. The standard InChI is InChI=1S/C9H14F3N5O2/c1-5(2)19-8-15-6(17-13)14-7(16-8)18-4-3-9(10,11)12/h5H,3-4,13H2,1-2H3,(H,14,15,16,17). The number of hydrogen-bond donors (Lipinski definition) is 2. The fourth-order valence-corrected chi connectivity index (χ4v) is 0.989. The highest BCUT2D eigenvalue weighted by molar-refractivity contribution is 5.25. The molecule has 1 aromatic heterocycles. The Kier molecular flexibility index (Phi) is 5.10. The number of nitrogen functional groups attached to an aromatic ring is 1. The molecule has 0 unspecified atom stereocenters. The van der Waals surface area contributed by atoms with Gasteiger partial charge >= 0.3 is 18.2 Å². The zero-order valence-electron chi connectivity index (χ0n) is 10.4. The normalized spacial score (nSPS) is 11.5. The number of nitrogens with zero attached hydrogens (tertiary/aromatic N) is 3. The molecule has 0 aliphatic heterocycles. The fraction of sp³-hybridized carbons (Fsp3) is 0.667. The maximum atomic E-state index is 12.0. The van der Waals surface area contributed by atoms with Crippen molar-refractivity contribution in [1.29, 1.82) is 0 Å². The summed E-state index contributed by atoms with van der Waals surface area (Å²) >= 11 is 0. The highest BCUT2D eigenvalue weighted by Gasteiger charge is 2.27.